The van der Waals surface area contributed by atoms with Crippen molar-refractivity contribution in [1.82, 2.24) is 0 Å². The zero-order valence-corrected chi connectivity index (χ0v) is 34.2. The quantitative estimate of drug-likeness (QED) is 0.0650. The molecule has 0 saturated heterocycles. The van der Waals surface area contributed by atoms with E-state index in [0.29, 0.717) is 50.8 Å². The van der Waals surface area contributed by atoms with Crippen LogP contribution in [0.25, 0.3) is 10.8 Å². The fourth-order valence-corrected chi connectivity index (χ4v) is 6.84. The maximum absolute atomic E-state index is 11.7. The molecule has 0 amide bonds. The smallest absolute Gasteiger partial charge is 0.296 e. The first-order chi connectivity index (χ1) is 29.4. The molecule has 7 rings (SSSR count). The summed E-state index contributed by atoms with van der Waals surface area (Å²) < 4.78 is 38.5. The number of hydrogen-bond acceptors (Lipinski definition) is 14. The SMILES string of the molecule is COc1cc(N=Nc2cc(C)c(N=Nc3ccc(N=Nc4ccccc4S(=O)(=O)O)c(C)c3)cc2C)c(CO)cc1N=Nc1ccc2cc(Nc3ccccc3)ccc2c1O. The Morgan fingerprint density at radius 3 is 1.87 bits per heavy atom. The van der Waals surface area contributed by atoms with Crippen LogP contribution < -0.4 is 10.1 Å². The van der Waals surface area contributed by atoms with Gasteiger partial charge in [-0.2, -0.15) is 34.0 Å². The molecule has 7 aromatic rings. The molecule has 0 heterocycles. The number of benzene rings is 7. The molecule has 7 aromatic carbocycles. The van der Waals surface area contributed by atoms with Crippen molar-refractivity contribution >= 4 is 77.8 Å². The molecule has 0 bridgehead atoms. The fourth-order valence-electron chi connectivity index (χ4n) is 6.22. The summed E-state index contributed by atoms with van der Waals surface area (Å²) in [5.74, 6) is 0.316. The van der Waals surface area contributed by atoms with Crippen LogP contribution in [0.4, 0.5) is 56.9 Å². The number of fused-ring (bicyclic) bond motifs is 1. The molecule has 0 saturated carbocycles. The average molecular weight is 834 g/mol. The zero-order valence-electron chi connectivity index (χ0n) is 33.4. The Bertz CT molecular complexity index is 3010. The van der Waals surface area contributed by atoms with E-state index in [4.69, 9.17) is 4.74 Å². The fraction of sp³-hybridized carbons (Fsp3) is 0.111. The molecule has 16 heteroatoms. The minimum atomic E-state index is -4.46. The van der Waals surface area contributed by atoms with Crippen LogP contribution in [0.1, 0.15) is 22.3 Å². The van der Waals surface area contributed by atoms with Crippen LogP contribution in [0.2, 0.25) is 0 Å². The average Bonchev–Trinajstić information content (AvgIpc) is 3.25. The molecule has 0 aliphatic heterocycles. The van der Waals surface area contributed by atoms with E-state index in [0.717, 1.165) is 33.5 Å². The van der Waals surface area contributed by atoms with Crippen LogP contribution >= 0.6 is 0 Å². The van der Waals surface area contributed by atoms with Gasteiger partial charge in [0.2, 0.25) is 0 Å². The summed E-state index contributed by atoms with van der Waals surface area (Å²) in [5.41, 5.74) is 7.77. The number of rotatable bonds is 13. The molecule has 0 fully saturated rings. The number of methoxy groups -OCH3 is 1. The van der Waals surface area contributed by atoms with Gasteiger partial charge >= 0.3 is 0 Å². The maximum Gasteiger partial charge on any atom is 0.296 e. The number of nitrogens with one attached hydrogen (secondary N) is 1. The van der Waals surface area contributed by atoms with Crippen molar-refractivity contribution < 1.29 is 27.9 Å². The molecule has 15 nitrogen and oxygen atoms in total. The molecule has 4 N–H and O–H groups in total. The minimum Gasteiger partial charge on any atom is -0.505 e. The maximum atomic E-state index is 11.7. The number of azo groups is 4. The van der Waals surface area contributed by atoms with Gasteiger partial charge in [0, 0.05) is 28.4 Å². The lowest BCUT2D eigenvalue weighted by atomic mass is 10.1. The number of aryl methyl sites for hydroxylation is 3. The standard InChI is InChI=1S/C45H39N9O6S/c1-27-20-34(16-19-36(27)48-49-37-12-8-9-13-44(37)61(57,58)59)47-51-39-21-29(3)40(22-28(39)2)52-53-41-25-43(60-4)42(24-31(41)26-55)54-50-38-18-14-30-23-33(15-17-35(30)45(38)56)46-32-10-6-5-7-11-32/h5-25,46,55-56H,26H2,1-4H3,(H,57,58,59). The van der Waals surface area contributed by atoms with Crippen molar-refractivity contribution in [3.8, 4) is 11.5 Å². The molecular weight excluding hydrogens is 795 g/mol. The first kappa shape index (κ1) is 41.6. The first-order valence-electron chi connectivity index (χ1n) is 18.7. The third-order valence-corrected chi connectivity index (χ3v) is 10.4. The monoisotopic (exact) mass is 833 g/mol. The van der Waals surface area contributed by atoms with Gasteiger partial charge in [-0.15, -0.1) is 15.3 Å². The molecule has 306 valence electrons. The van der Waals surface area contributed by atoms with Gasteiger partial charge in [0.25, 0.3) is 10.1 Å². The Hall–Kier alpha value is -7.53. The second kappa shape index (κ2) is 18.2. The number of aliphatic hydroxyl groups excluding tert-OH is 1. The van der Waals surface area contributed by atoms with Gasteiger partial charge in [-0.1, -0.05) is 36.4 Å². The van der Waals surface area contributed by atoms with E-state index in [9.17, 15) is 23.2 Å². The van der Waals surface area contributed by atoms with E-state index in [2.05, 4.69) is 46.2 Å². The first-order valence-corrected chi connectivity index (χ1v) is 20.2. The lowest BCUT2D eigenvalue weighted by Gasteiger charge is -2.10. The number of hydrogen-bond donors (Lipinski definition) is 4. The normalized spacial score (nSPS) is 12.1. The van der Waals surface area contributed by atoms with Crippen molar-refractivity contribution in [3.63, 3.8) is 0 Å². The second-order valence-corrected chi connectivity index (χ2v) is 15.2. The molecule has 61 heavy (non-hydrogen) atoms. The highest BCUT2D eigenvalue weighted by atomic mass is 32.2. The van der Waals surface area contributed by atoms with Gasteiger partial charge in [0.1, 0.15) is 27.7 Å². The van der Waals surface area contributed by atoms with E-state index < -0.39 is 10.1 Å². The summed E-state index contributed by atoms with van der Waals surface area (Å²) in [6, 6.07) is 36.8. The summed E-state index contributed by atoms with van der Waals surface area (Å²) in [6.07, 6.45) is 0. The molecule has 0 radical (unpaired) electrons. The van der Waals surface area contributed by atoms with Gasteiger partial charge < -0.3 is 20.3 Å². The molecule has 0 aromatic heterocycles. The number of para-hydroxylation sites is 1. The van der Waals surface area contributed by atoms with Crippen LogP contribution in [-0.4, -0.2) is 30.3 Å². The van der Waals surface area contributed by atoms with Crippen molar-refractivity contribution in [2.24, 2.45) is 40.9 Å². The van der Waals surface area contributed by atoms with Gasteiger partial charge in [-0.3, -0.25) is 4.55 Å². The molecule has 0 aliphatic rings. The highest BCUT2D eigenvalue weighted by Crippen LogP contribution is 2.41. The predicted octanol–water partition coefficient (Wildman–Crippen LogP) is 13.6. The third-order valence-electron chi connectivity index (χ3n) is 9.49. The molecule has 0 unspecified atom stereocenters. The Balaban J connectivity index is 1.05. The van der Waals surface area contributed by atoms with E-state index >= 15 is 0 Å². The summed E-state index contributed by atoms with van der Waals surface area (Å²) in [4.78, 5) is -0.336. The van der Waals surface area contributed by atoms with Crippen molar-refractivity contribution in [2.45, 2.75) is 32.3 Å². The molecular formula is C45H39N9O6S. The summed E-state index contributed by atoms with van der Waals surface area (Å²) in [5, 5.41) is 60.8. The Morgan fingerprint density at radius 1 is 0.557 bits per heavy atom. The predicted molar refractivity (Wildman–Crippen MR) is 234 cm³/mol. The lowest BCUT2D eigenvalue weighted by Crippen LogP contribution is -1.97. The van der Waals surface area contributed by atoms with E-state index in [1.165, 1.54) is 25.3 Å². The van der Waals surface area contributed by atoms with Gasteiger partial charge in [-0.05, 0) is 128 Å². The largest absolute Gasteiger partial charge is 0.505 e. The number of anilines is 2. The summed E-state index contributed by atoms with van der Waals surface area (Å²) >= 11 is 0. The zero-order chi connectivity index (χ0) is 43.1. The summed E-state index contributed by atoms with van der Waals surface area (Å²) in [6.45, 7) is 5.20. The van der Waals surface area contributed by atoms with Crippen LogP contribution in [0.5, 0.6) is 11.5 Å². The van der Waals surface area contributed by atoms with Gasteiger partial charge in [0.05, 0.1) is 42.2 Å². The second-order valence-electron chi connectivity index (χ2n) is 13.8. The lowest BCUT2D eigenvalue weighted by molar-refractivity contribution is 0.282. The van der Waals surface area contributed by atoms with E-state index in [1.807, 2.05) is 87.5 Å². The van der Waals surface area contributed by atoms with Gasteiger partial charge in [-0.25, -0.2) is 0 Å². The van der Waals surface area contributed by atoms with Crippen molar-refractivity contribution in [1.29, 1.82) is 0 Å². The number of ether oxygens (including phenoxy) is 1. The highest BCUT2D eigenvalue weighted by molar-refractivity contribution is 7.86. The Labute approximate surface area is 351 Å². The number of phenols is 1. The van der Waals surface area contributed by atoms with Crippen LogP contribution in [-0.2, 0) is 16.7 Å². The highest BCUT2D eigenvalue weighted by Gasteiger charge is 2.15. The Morgan fingerprint density at radius 2 is 1.16 bits per heavy atom. The number of phenolic OH excluding ortho intramolecular Hbond substituents is 1. The topological polar surface area (TPSA) is 215 Å². The van der Waals surface area contributed by atoms with Crippen LogP contribution in [0.15, 0.2) is 173 Å². The van der Waals surface area contributed by atoms with E-state index in [-0.39, 0.29) is 28.6 Å². The van der Waals surface area contributed by atoms with Crippen molar-refractivity contribution in [3.05, 3.63) is 150 Å². The third kappa shape index (κ3) is 9.85. The van der Waals surface area contributed by atoms with Crippen LogP contribution in [0.3, 0.4) is 0 Å². The molecule has 0 aliphatic carbocycles. The minimum absolute atomic E-state index is 0.0133. The number of nitrogens with zero attached hydrogens (tertiary/aromatic N) is 8. The molecule has 0 atom stereocenters. The van der Waals surface area contributed by atoms with E-state index in [1.54, 1.807) is 42.5 Å². The Kier molecular flexibility index (Phi) is 12.4. The van der Waals surface area contributed by atoms with Crippen LogP contribution in [0, 0.1) is 20.8 Å². The number of aromatic hydroxyl groups is 1. The summed E-state index contributed by atoms with van der Waals surface area (Å²) in [7, 11) is -2.97. The van der Waals surface area contributed by atoms with Crippen molar-refractivity contribution in [2.75, 3.05) is 12.4 Å². The molecule has 0 spiro atoms. The number of aliphatic hydroxyl groups is 1. The van der Waals surface area contributed by atoms with Gasteiger partial charge in [0.15, 0.2) is 5.75 Å².